The van der Waals surface area contributed by atoms with Gasteiger partial charge in [-0.2, -0.15) is 5.10 Å². The molecule has 3 heteroatoms. The topological polar surface area (TPSA) is 43.8 Å². The second kappa shape index (κ2) is 3.37. The highest BCUT2D eigenvalue weighted by Crippen LogP contribution is 2.35. The lowest BCUT2D eigenvalue weighted by Crippen LogP contribution is -2.12. The first-order chi connectivity index (χ1) is 7.77. The van der Waals surface area contributed by atoms with Crippen LogP contribution >= 0.6 is 0 Å². The quantitative estimate of drug-likeness (QED) is 0.790. The third-order valence-electron chi connectivity index (χ3n) is 3.42. The molecule has 0 saturated carbocycles. The Kier molecular flexibility index (Phi) is 1.99. The second-order valence-corrected chi connectivity index (χ2v) is 4.41. The van der Waals surface area contributed by atoms with E-state index >= 15 is 0 Å². The van der Waals surface area contributed by atoms with Gasteiger partial charge in [-0.15, -0.1) is 0 Å². The molecule has 0 saturated heterocycles. The smallest absolute Gasteiger partial charge is 0.125 e. The number of aromatic nitrogens is 2. The van der Waals surface area contributed by atoms with Gasteiger partial charge in [-0.05, 0) is 30.9 Å². The molecule has 1 unspecified atom stereocenters. The van der Waals surface area contributed by atoms with Crippen molar-refractivity contribution in [2.24, 2.45) is 0 Å². The van der Waals surface area contributed by atoms with E-state index in [9.17, 15) is 0 Å². The zero-order valence-corrected chi connectivity index (χ0v) is 9.35. The van der Waals surface area contributed by atoms with Gasteiger partial charge in [-0.1, -0.05) is 24.3 Å². The number of hydrogen-bond acceptors (Lipinski definition) is 2. The van der Waals surface area contributed by atoms with Gasteiger partial charge in [0.05, 0.1) is 12.2 Å². The van der Waals surface area contributed by atoms with Crippen molar-refractivity contribution in [1.82, 2.24) is 9.78 Å². The van der Waals surface area contributed by atoms with Gasteiger partial charge in [-0.25, -0.2) is 4.68 Å². The lowest BCUT2D eigenvalue weighted by atomic mass is 10.1. The number of benzene rings is 1. The fourth-order valence-electron chi connectivity index (χ4n) is 2.49. The Balaban J connectivity index is 2.08. The van der Waals surface area contributed by atoms with E-state index in [1.807, 2.05) is 17.8 Å². The maximum atomic E-state index is 6.04. The van der Waals surface area contributed by atoms with Gasteiger partial charge in [0, 0.05) is 5.56 Å². The maximum absolute atomic E-state index is 6.04. The summed E-state index contributed by atoms with van der Waals surface area (Å²) in [5.41, 5.74) is 9.90. The molecular formula is C13H15N3. The summed E-state index contributed by atoms with van der Waals surface area (Å²) in [7, 11) is 0. The van der Waals surface area contributed by atoms with Crippen molar-refractivity contribution in [3.05, 3.63) is 47.2 Å². The Hall–Kier alpha value is -1.77. The molecule has 82 valence electrons. The van der Waals surface area contributed by atoms with E-state index < -0.39 is 0 Å². The Labute approximate surface area is 94.9 Å². The van der Waals surface area contributed by atoms with Gasteiger partial charge < -0.3 is 5.73 Å². The molecule has 0 radical (unpaired) electrons. The third kappa shape index (κ3) is 1.24. The first-order valence-corrected chi connectivity index (χ1v) is 5.65. The van der Waals surface area contributed by atoms with Crippen LogP contribution in [0.5, 0.6) is 0 Å². The lowest BCUT2D eigenvalue weighted by Gasteiger charge is -2.14. The van der Waals surface area contributed by atoms with Crippen LogP contribution in [-0.2, 0) is 6.42 Å². The Morgan fingerprint density at radius 1 is 1.38 bits per heavy atom. The maximum Gasteiger partial charge on any atom is 0.125 e. The molecule has 1 aliphatic rings. The summed E-state index contributed by atoms with van der Waals surface area (Å²) in [5.74, 6) is 0.793. The molecule has 16 heavy (non-hydrogen) atoms. The molecule has 1 atom stereocenters. The highest BCUT2D eigenvalue weighted by molar-refractivity contribution is 5.42. The molecule has 1 aliphatic carbocycles. The van der Waals surface area contributed by atoms with E-state index in [1.54, 1.807) is 0 Å². The van der Waals surface area contributed by atoms with Crippen LogP contribution in [0.3, 0.4) is 0 Å². The highest BCUT2D eigenvalue weighted by atomic mass is 15.3. The van der Waals surface area contributed by atoms with E-state index in [0.717, 1.165) is 24.2 Å². The minimum atomic E-state index is 0.324. The number of nitrogens with two attached hydrogens (primary N) is 1. The molecular weight excluding hydrogens is 198 g/mol. The van der Waals surface area contributed by atoms with Crippen LogP contribution in [0, 0.1) is 6.92 Å². The van der Waals surface area contributed by atoms with E-state index in [0.29, 0.717) is 6.04 Å². The summed E-state index contributed by atoms with van der Waals surface area (Å²) < 4.78 is 1.96. The summed E-state index contributed by atoms with van der Waals surface area (Å²) in [5, 5.41) is 4.39. The Bertz CT molecular complexity index is 528. The zero-order chi connectivity index (χ0) is 11.1. The fraction of sp³-hybridized carbons (Fsp3) is 0.308. The highest BCUT2D eigenvalue weighted by Gasteiger charge is 2.25. The fourth-order valence-corrected chi connectivity index (χ4v) is 2.49. The standard InChI is InChI=1S/C13H15N3/c1-9-8-15-16(13(9)14)12-7-6-10-4-2-3-5-11(10)12/h2-5,8,12H,6-7,14H2,1H3. The van der Waals surface area contributed by atoms with E-state index in [4.69, 9.17) is 5.73 Å². The van der Waals surface area contributed by atoms with Crippen LogP contribution in [0.2, 0.25) is 0 Å². The van der Waals surface area contributed by atoms with Crippen molar-refractivity contribution in [3.63, 3.8) is 0 Å². The summed E-state index contributed by atoms with van der Waals surface area (Å²) >= 11 is 0. The van der Waals surface area contributed by atoms with Gasteiger partial charge in [0.2, 0.25) is 0 Å². The summed E-state index contributed by atoms with van der Waals surface area (Å²) in [6.45, 7) is 2.00. The predicted molar refractivity (Wildman–Crippen MR) is 64.3 cm³/mol. The molecule has 0 fully saturated rings. The molecule has 1 aromatic heterocycles. The Morgan fingerprint density at radius 3 is 2.94 bits per heavy atom. The van der Waals surface area contributed by atoms with Gasteiger partial charge in [-0.3, -0.25) is 0 Å². The molecule has 0 amide bonds. The van der Waals surface area contributed by atoms with Crippen molar-refractivity contribution in [3.8, 4) is 0 Å². The summed E-state index contributed by atoms with van der Waals surface area (Å²) in [6, 6.07) is 8.89. The average Bonchev–Trinajstić information content (AvgIpc) is 2.85. The van der Waals surface area contributed by atoms with Gasteiger partial charge in [0.25, 0.3) is 0 Å². The molecule has 1 heterocycles. The third-order valence-corrected chi connectivity index (χ3v) is 3.42. The number of nitrogens with zero attached hydrogens (tertiary/aromatic N) is 2. The number of anilines is 1. The monoisotopic (exact) mass is 213 g/mol. The van der Waals surface area contributed by atoms with Crippen molar-refractivity contribution in [2.45, 2.75) is 25.8 Å². The molecule has 0 spiro atoms. The summed E-state index contributed by atoms with van der Waals surface area (Å²) in [6.07, 6.45) is 4.07. The van der Waals surface area contributed by atoms with E-state index in [1.165, 1.54) is 11.1 Å². The average molecular weight is 213 g/mol. The normalized spacial score (nSPS) is 18.7. The van der Waals surface area contributed by atoms with Gasteiger partial charge in [0.15, 0.2) is 0 Å². The van der Waals surface area contributed by atoms with Crippen LogP contribution in [0.25, 0.3) is 0 Å². The largest absolute Gasteiger partial charge is 0.384 e. The molecule has 0 bridgehead atoms. The van der Waals surface area contributed by atoms with Crippen LogP contribution in [0.1, 0.15) is 29.2 Å². The predicted octanol–water partition coefficient (Wildman–Crippen LogP) is 2.31. The molecule has 2 aromatic rings. The number of fused-ring (bicyclic) bond motifs is 1. The number of rotatable bonds is 1. The van der Waals surface area contributed by atoms with Crippen LogP contribution in [-0.4, -0.2) is 9.78 Å². The first-order valence-electron chi connectivity index (χ1n) is 5.65. The minimum absolute atomic E-state index is 0.324. The lowest BCUT2D eigenvalue weighted by molar-refractivity contribution is 0.527. The van der Waals surface area contributed by atoms with Crippen LogP contribution in [0.15, 0.2) is 30.5 Å². The molecule has 0 aliphatic heterocycles. The van der Waals surface area contributed by atoms with Crippen molar-refractivity contribution in [1.29, 1.82) is 0 Å². The first kappa shape index (κ1) is 9.46. The Morgan fingerprint density at radius 2 is 2.19 bits per heavy atom. The van der Waals surface area contributed by atoms with Crippen LogP contribution < -0.4 is 5.73 Å². The number of aryl methyl sites for hydroxylation is 2. The van der Waals surface area contributed by atoms with E-state index in [2.05, 4.69) is 29.4 Å². The van der Waals surface area contributed by atoms with E-state index in [-0.39, 0.29) is 0 Å². The second-order valence-electron chi connectivity index (χ2n) is 4.41. The number of nitrogen functional groups attached to an aromatic ring is 1. The summed E-state index contributed by atoms with van der Waals surface area (Å²) in [4.78, 5) is 0. The van der Waals surface area contributed by atoms with Crippen molar-refractivity contribution < 1.29 is 0 Å². The molecule has 3 nitrogen and oxygen atoms in total. The minimum Gasteiger partial charge on any atom is -0.384 e. The van der Waals surface area contributed by atoms with Crippen molar-refractivity contribution in [2.75, 3.05) is 5.73 Å². The van der Waals surface area contributed by atoms with Crippen molar-refractivity contribution >= 4 is 5.82 Å². The SMILES string of the molecule is Cc1cnn(C2CCc3ccccc32)c1N. The molecule has 2 N–H and O–H groups in total. The zero-order valence-electron chi connectivity index (χ0n) is 9.35. The number of hydrogen-bond donors (Lipinski definition) is 1. The van der Waals surface area contributed by atoms with Crippen LogP contribution in [0.4, 0.5) is 5.82 Å². The van der Waals surface area contributed by atoms with Gasteiger partial charge in [0.1, 0.15) is 5.82 Å². The molecule has 3 rings (SSSR count). The van der Waals surface area contributed by atoms with Gasteiger partial charge >= 0.3 is 0 Å². The molecule has 1 aromatic carbocycles.